The van der Waals surface area contributed by atoms with Crippen LogP contribution < -0.4 is 5.73 Å². The number of rotatable bonds is 1. The van der Waals surface area contributed by atoms with Gasteiger partial charge in [0, 0.05) is 16.9 Å². The molecule has 0 radical (unpaired) electrons. The van der Waals surface area contributed by atoms with E-state index < -0.39 is 0 Å². The maximum atomic E-state index is 14.2. The average Bonchev–Trinajstić information content (AvgIpc) is 2.46. The molecular weight excluding hydrogens is 263 g/mol. The van der Waals surface area contributed by atoms with Crippen molar-refractivity contribution >= 4 is 16.6 Å². The monoisotopic (exact) mass is 282 g/mol. The van der Waals surface area contributed by atoms with Gasteiger partial charge in [0.2, 0.25) is 0 Å². The molecule has 2 N–H and O–H groups in total. The number of benzene rings is 1. The number of nitrogens with two attached hydrogens (primary N) is 1. The summed E-state index contributed by atoms with van der Waals surface area (Å²) in [7, 11) is 0. The van der Waals surface area contributed by atoms with Crippen molar-refractivity contribution in [2.45, 2.75) is 38.5 Å². The Morgan fingerprint density at radius 3 is 3.00 bits per heavy atom. The number of halogens is 1. The molecule has 2 atom stereocenters. The van der Waals surface area contributed by atoms with Crippen LogP contribution in [-0.2, 0) is 6.42 Å². The first-order valence-electron chi connectivity index (χ1n) is 7.73. The molecule has 2 aromatic rings. The molecule has 2 aliphatic rings. The second-order valence-electron chi connectivity index (χ2n) is 6.30. The van der Waals surface area contributed by atoms with Crippen LogP contribution in [0.5, 0.6) is 0 Å². The van der Waals surface area contributed by atoms with Gasteiger partial charge in [-0.15, -0.1) is 0 Å². The smallest absolute Gasteiger partial charge is 0.134 e. The fourth-order valence-electron chi connectivity index (χ4n) is 4.09. The van der Waals surface area contributed by atoms with Crippen molar-refractivity contribution in [1.82, 2.24) is 4.98 Å². The van der Waals surface area contributed by atoms with Crippen molar-refractivity contribution in [3.63, 3.8) is 0 Å². The summed E-state index contributed by atoms with van der Waals surface area (Å²) in [6, 6.07) is 5.03. The van der Waals surface area contributed by atoms with E-state index in [0.717, 1.165) is 36.9 Å². The average molecular weight is 282 g/mol. The molecule has 2 nitrogen and oxygen atoms in total. The maximum Gasteiger partial charge on any atom is 0.134 e. The molecular formula is C18H19FN2. The molecule has 21 heavy (non-hydrogen) atoms. The molecule has 3 heteroatoms. The topological polar surface area (TPSA) is 38.9 Å². The lowest BCUT2D eigenvalue weighted by molar-refractivity contribution is 0.429. The molecule has 0 saturated heterocycles. The van der Waals surface area contributed by atoms with Crippen LogP contribution in [0.2, 0.25) is 0 Å². The van der Waals surface area contributed by atoms with Gasteiger partial charge in [-0.3, -0.25) is 4.98 Å². The van der Waals surface area contributed by atoms with E-state index in [1.165, 1.54) is 11.6 Å². The van der Waals surface area contributed by atoms with Gasteiger partial charge < -0.3 is 5.73 Å². The highest BCUT2D eigenvalue weighted by atomic mass is 19.1. The quantitative estimate of drug-likeness (QED) is 0.790. The normalized spacial score (nSPS) is 23.8. The molecule has 1 heterocycles. The number of fused-ring (bicyclic) bond motifs is 5. The predicted octanol–water partition coefficient (Wildman–Crippen LogP) is 4.34. The van der Waals surface area contributed by atoms with Gasteiger partial charge in [0.1, 0.15) is 5.82 Å². The van der Waals surface area contributed by atoms with Crippen LogP contribution in [0.15, 0.2) is 29.8 Å². The Hall–Kier alpha value is -1.90. The van der Waals surface area contributed by atoms with E-state index in [2.05, 4.69) is 13.0 Å². The number of nitrogens with zero attached hydrogens (tertiary/aromatic N) is 1. The van der Waals surface area contributed by atoms with Crippen LogP contribution in [0.3, 0.4) is 0 Å². The molecule has 2 aliphatic carbocycles. The molecule has 4 rings (SSSR count). The Labute approximate surface area is 123 Å². The second-order valence-corrected chi connectivity index (χ2v) is 6.30. The highest BCUT2D eigenvalue weighted by Gasteiger charge is 2.33. The Morgan fingerprint density at radius 1 is 1.33 bits per heavy atom. The molecule has 1 aromatic heterocycles. The van der Waals surface area contributed by atoms with E-state index in [1.54, 1.807) is 6.07 Å². The van der Waals surface area contributed by atoms with E-state index in [4.69, 9.17) is 10.7 Å². The fraction of sp³-hybridized carbons (Fsp3) is 0.389. The molecule has 0 aliphatic heterocycles. The zero-order chi connectivity index (χ0) is 14.6. The van der Waals surface area contributed by atoms with E-state index in [-0.39, 0.29) is 5.82 Å². The van der Waals surface area contributed by atoms with Gasteiger partial charge in [-0.1, -0.05) is 24.6 Å². The van der Waals surface area contributed by atoms with E-state index in [1.807, 2.05) is 6.07 Å². The number of allylic oxidation sites excluding steroid dienone is 2. The lowest BCUT2D eigenvalue weighted by Crippen LogP contribution is -2.24. The number of pyridine rings is 1. The molecule has 108 valence electrons. The molecule has 0 saturated carbocycles. The first-order chi connectivity index (χ1) is 10.2. The van der Waals surface area contributed by atoms with Crippen LogP contribution in [0.4, 0.5) is 10.1 Å². The third-order valence-corrected chi connectivity index (χ3v) is 5.00. The molecule has 0 amide bonds. The summed E-state index contributed by atoms with van der Waals surface area (Å²) in [5, 5.41) is 0.502. The minimum Gasteiger partial charge on any atom is -0.398 e. The highest BCUT2D eigenvalue weighted by Crippen LogP contribution is 2.47. The van der Waals surface area contributed by atoms with Gasteiger partial charge in [0.05, 0.1) is 10.9 Å². The summed E-state index contributed by atoms with van der Waals surface area (Å²) in [4.78, 5) is 4.72. The fourth-order valence-corrected chi connectivity index (χ4v) is 4.09. The van der Waals surface area contributed by atoms with Crippen LogP contribution in [0.1, 0.15) is 43.4 Å². The Morgan fingerprint density at radius 2 is 2.19 bits per heavy atom. The zero-order valence-electron chi connectivity index (χ0n) is 12.2. The van der Waals surface area contributed by atoms with Crippen molar-refractivity contribution in [3.8, 4) is 0 Å². The Kier molecular flexibility index (Phi) is 2.78. The number of hydrogen-bond donors (Lipinski definition) is 1. The third kappa shape index (κ3) is 1.87. The molecule has 0 spiro atoms. The summed E-state index contributed by atoms with van der Waals surface area (Å²) >= 11 is 0. The zero-order valence-corrected chi connectivity index (χ0v) is 12.2. The van der Waals surface area contributed by atoms with Crippen molar-refractivity contribution in [2.75, 3.05) is 5.73 Å². The Balaban J connectivity index is 1.95. The minimum absolute atomic E-state index is 0.260. The van der Waals surface area contributed by atoms with E-state index in [0.29, 0.717) is 28.4 Å². The van der Waals surface area contributed by atoms with Gasteiger partial charge in [-0.05, 0) is 49.7 Å². The highest BCUT2D eigenvalue weighted by molar-refractivity contribution is 5.93. The summed E-state index contributed by atoms with van der Waals surface area (Å²) in [6.07, 6.45) is 6.63. The predicted molar refractivity (Wildman–Crippen MR) is 83.7 cm³/mol. The summed E-state index contributed by atoms with van der Waals surface area (Å²) < 4.78 is 14.2. The molecule has 1 aromatic carbocycles. The largest absolute Gasteiger partial charge is 0.398 e. The van der Waals surface area contributed by atoms with Gasteiger partial charge in [0.15, 0.2) is 0 Å². The SMILES string of the molecule is CCC1=C[C@H]2Cc3nc4cccc(F)c4c(N)c3[C@@H](C1)C2. The number of hydrogen-bond acceptors (Lipinski definition) is 2. The van der Waals surface area contributed by atoms with Gasteiger partial charge in [-0.2, -0.15) is 0 Å². The van der Waals surface area contributed by atoms with Crippen LogP contribution in [0, 0.1) is 11.7 Å². The molecule has 0 unspecified atom stereocenters. The molecule has 2 bridgehead atoms. The second kappa shape index (κ2) is 4.55. The van der Waals surface area contributed by atoms with E-state index >= 15 is 0 Å². The van der Waals surface area contributed by atoms with Crippen molar-refractivity contribution < 1.29 is 4.39 Å². The lowest BCUT2D eigenvalue weighted by atomic mass is 9.70. The standard InChI is InChI=1S/C18H19FN2/c1-2-10-6-11-8-12(7-10)16-15(9-11)21-14-5-3-4-13(19)17(14)18(16)20/h3-6,11-12H,2,7-9H2,1H3,(H2,20,21)/t11-,12+/m1/s1. The van der Waals surface area contributed by atoms with Gasteiger partial charge in [-0.25, -0.2) is 4.39 Å². The first-order valence-corrected chi connectivity index (χ1v) is 7.73. The first kappa shape index (κ1) is 12.8. The van der Waals surface area contributed by atoms with Crippen LogP contribution in [-0.4, -0.2) is 4.98 Å². The lowest BCUT2D eigenvalue weighted by Gasteiger charge is -2.35. The molecule has 0 fully saturated rings. The number of aromatic nitrogens is 1. The van der Waals surface area contributed by atoms with E-state index in [9.17, 15) is 4.39 Å². The minimum atomic E-state index is -0.260. The van der Waals surface area contributed by atoms with Gasteiger partial charge in [0.25, 0.3) is 0 Å². The summed E-state index contributed by atoms with van der Waals surface area (Å²) in [5.41, 5.74) is 11.4. The van der Waals surface area contributed by atoms with Crippen LogP contribution >= 0.6 is 0 Å². The van der Waals surface area contributed by atoms with Crippen LogP contribution in [0.25, 0.3) is 10.9 Å². The Bertz CT molecular complexity index is 763. The third-order valence-electron chi connectivity index (χ3n) is 5.00. The summed E-state index contributed by atoms with van der Waals surface area (Å²) in [5.74, 6) is 0.726. The van der Waals surface area contributed by atoms with Crippen molar-refractivity contribution in [3.05, 3.63) is 46.9 Å². The maximum absolute atomic E-state index is 14.2. The van der Waals surface area contributed by atoms with Gasteiger partial charge >= 0.3 is 0 Å². The number of anilines is 1. The number of nitrogen functional groups attached to an aromatic ring is 1. The van der Waals surface area contributed by atoms with Crippen molar-refractivity contribution in [1.29, 1.82) is 0 Å². The van der Waals surface area contributed by atoms with Crippen molar-refractivity contribution in [2.24, 2.45) is 5.92 Å². The summed E-state index contributed by atoms with van der Waals surface area (Å²) in [6.45, 7) is 2.20.